The van der Waals surface area contributed by atoms with Crippen LogP contribution in [0.15, 0.2) is 48.9 Å². The molecule has 3 aromatic rings. The molecule has 0 fully saturated rings. The lowest BCUT2D eigenvalue weighted by Crippen LogP contribution is -2.13. The summed E-state index contributed by atoms with van der Waals surface area (Å²) >= 11 is 0. The van der Waals surface area contributed by atoms with Gasteiger partial charge < -0.3 is 5.32 Å². The molecule has 6 heteroatoms. The number of rotatable bonds is 4. The third-order valence-electron chi connectivity index (χ3n) is 3.25. The van der Waals surface area contributed by atoms with E-state index in [1.54, 1.807) is 17.1 Å². The molecule has 0 aliphatic carbocycles. The molecule has 0 bridgehead atoms. The Hall–Kier alpha value is -2.63. The van der Waals surface area contributed by atoms with Gasteiger partial charge in [-0.3, -0.25) is 4.68 Å². The van der Waals surface area contributed by atoms with E-state index in [2.05, 4.69) is 27.7 Å². The van der Waals surface area contributed by atoms with Gasteiger partial charge in [0.2, 0.25) is 0 Å². The van der Waals surface area contributed by atoms with Crippen LogP contribution in [0.2, 0.25) is 0 Å². The fraction of sp³-hybridized carbons (Fsp3) is 0.214. The normalized spacial score (nSPS) is 12.3. The quantitative estimate of drug-likeness (QED) is 0.787. The zero-order valence-corrected chi connectivity index (χ0v) is 11.4. The molecule has 0 spiro atoms. The van der Waals surface area contributed by atoms with Crippen molar-refractivity contribution in [2.24, 2.45) is 7.05 Å². The van der Waals surface area contributed by atoms with Crippen LogP contribution in [0.25, 0.3) is 5.69 Å². The van der Waals surface area contributed by atoms with E-state index in [4.69, 9.17) is 0 Å². The van der Waals surface area contributed by atoms with Gasteiger partial charge in [0.05, 0.1) is 35.5 Å². The number of nitrogens with zero attached hydrogens (tertiary/aromatic N) is 5. The summed E-state index contributed by atoms with van der Waals surface area (Å²) in [7, 11) is 1.94. The maximum absolute atomic E-state index is 4.20. The topological polar surface area (TPSA) is 60.6 Å². The number of nitrogens with one attached hydrogen (secondary N) is 1. The summed E-state index contributed by atoms with van der Waals surface area (Å²) in [6.45, 7) is 2.11. The molecule has 0 saturated heterocycles. The van der Waals surface area contributed by atoms with Crippen molar-refractivity contribution in [2.45, 2.75) is 13.0 Å². The third-order valence-corrected chi connectivity index (χ3v) is 3.25. The summed E-state index contributed by atoms with van der Waals surface area (Å²) in [5.74, 6) is 0. The van der Waals surface area contributed by atoms with Crippen LogP contribution in [-0.2, 0) is 7.05 Å². The Morgan fingerprint density at radius 1 is 1.15 bits per heavy atom. The van der Waals surface area contributed by atoms with Gasteiger partial charge >= 0.3 is 0 Å². The fourth-order valence-electron chi connectivity index (χ4n) is 2.25. The standard InChI is InChI=1S/C14H16N6/c1-11(13-7-8-16-19(13)2)17-12-5-3-4-6-14(12)20-10-9-15-18-20/h3-11,17H,1-2H3. The summed E-state index contributed by atoms with van der Waals surface area (Å²) in [6.07, 6.45) is 5.30. The minimum atomic E-state index is 0.146. The number of benzene rings is 1. The molecule has 0 aliphatic rings. The number of aromatic nitrogens is 5. The minimum absolute atomic E-state index is 0.146. The van der Waals surface area contributed by atoms with E-state index in [9.17, 15) is 0 Å². The van der Waals surface area contributed by atoms with Crippen molar-refractivity contribution in [3.63, 3.8) is 0 Å². The molecule has 20 heavy (non-hydrogen) atoms. The number of hydrogen-bond donors (Lipinski definition) is 1. The van der Waals surface area contributed by atoms with E-state index in [0.717, 1.165) is 17.1 Å². The average Bonchev–Trinajstić information content (AvgIpc) is 3.10. The van der Waals surface area contributed by atoms with Crippen LogP contribution >= 0.6 is 0 Å². The molecule has 3 rings (SSSR count). The molecule has 1 aromatic carbocycles. The van der Waals surface area contributed by atoms with Crippen molar-refractivity contribution in [3.05, 3.63) is 54.6 Å². The van der Waals surface area contributed by atoms with Gasteiger partial charge in [0.15, 0.2) is 0 Å². The Balaban J connectivity index is 1.90. The van der Waals surface area contributed by atoms with Crippen LogP contribution in [-0.4, -0.2) is 24.8 Å². The van der Waals surface area contributed by atoms with Crippen molar-refractivity contribution in [2.75, 3.05) is 5.32 Å². The fourth-order valence-corrected chi connectivity index (χ4v) is 2.25. The first-order chi connectivity index (χ1) is 9.75. The van der Waals surface area contributed by atoms with E-state index in [1.807, 2.05) is 48.3 Å². The van der Waals surface area contributed by atoms with Crippen molar-refractivity contribution < 1.29 is 0 Å². The molecule has 0 aliphatic heterocycles. The Bertz CT molecular complexity index is 685. The summed E-state index contributed by atoms with van der Waals surface area (Å²) in [5, 5.41) is 15.6. The smallest absolute Gasteiger partial charge is 0.0894 e. The lowest BCUT2D eigenvalue weighted by atomic mass is 10.2. The lowest BCUT2D eigenvalue weighted by molar-refractivity contribution is 0.675. The average molecular weight is 268 g/mol. The second-order valence-electron chi connectivity index (χ2n) is 4.61. The minimum Gasteiger partial charge on any atom is -0.375 e. The van der Waals surface area contributed by atoms with E-state index >= 15 is 0 Å². The number of aryl methyl sites for hydroxylation is 1. The summed E-state index contributed by atoms with van der Waals surface area (Å²) in [4.78, 5) is 0. The van der Waals surface area contributed by atoms with Gasteiger partial charge in [-0.05, 0) is 25.1 Å². The van der Waals surface area contributed by atoms with Crippen LogP contribution in [0, 0.1) is 0 Å². The highest BCUT2D eigenvalue weighted by atomic mass is 15.4. The molecular weight excluding hydrogens is 252 g/mol. The number of hydrogen-bond acceptors (Lipinski definition) is 4. The Morgan fingerprint density at radius 2 is 2.00 bits per heavy atom. The van der Waals surface area contributed by atoms with Crippen LogP contribution in [0.3, 0.4) is 0 Å². The molecule has 2 aromatic heterocycles. The second-order valence-corrected chi connectivity index (χ2v) is 4.61. The van der Waals surface area contributed by atoms with Gasteiger partial charge in [-0.1, -0.05) is 17.3 Å². The first-order valence-electron chi connectivity index (χ1n) is 6.46. The Morgan fingerprint density at radius 3 is 2.70 bits per heavy atom. The molecule has 1 unspecified atom stereocenters. The number of anilines is 1. The van der Waals surface area contributed by atoms with Crippen molar-refractivity contribution in [3.8, 4) is 5.69 Å². The Labute approximate surface area is 117 Å². The highest BCUT2D eigenvalue weighted by Gasteiger charge is 2.12. The predicted molar refractivity (Wildman–Crippen MR) is 76.6 cm³/mol. The van der Waals surface area contributed by atoms with Gasteiger partial charge in [0.25, 0.3) is 0 Å². The number of para-hydroxylation sites is 2. The SMILES string of the molecule is CC(Nc1ccccc1-n1ccnn1)c1ccnn1C. The summed E-state index contributed by atoms with van der Waals surface area (Å²) in [6, 6.07) is 10.2. The van der Waals surface area contributed by atoms with Crippen molar-refractivity contribution >= 4 is 5.69 Å². The van der Waals surface area contributed by atoms with E-state index in [0.29, 0.717) is 0 Å². The Kier molecular flexibility index (Phi) is 3.20. The molecule has 0 amide bonds. The van der Waals surface area contributed by atoms with Gasteiger partial charge in [-0.15, -0.1) is 5.10 Å². The van der Waals surface area contributed by atoms with Crippen LogP contribution in [0.4, 0.5) is 5.69 Å². The van der Waals surface area contributed by atoms with E-state index in [1.165, 1.54) is 0 Å². The van der Waals surface area contributed by atoms with E-state index in [-0.39, 0.29) is 6.04 Å². The maximum Gasteiger partial charge on any atom is 0.0894 e. The first kappa shape index (κ1) is 12.4. The predicted octanol–water partition coefficient (Wildman–Crippen LogP) is 2.17. The molecule has 1 N–H and O–H groups in total. The van der Waals surface area contributed by atoms with E-state index < -0.39 is 0 Å². The van der Waals surface area contributed by atoms with Crippen LogP contribution in [0.5, 0.6) is 0 Å². The maximum atomic E-state index is 4.20. The lowest BCUT2D eigenvalue weighted by Gasteiger charge is -2.18. The monoisotopic (exact) mass is 268 g/mol. The van der Waals surface area contributed by atoms with Crippen molar-refractivity contribution in [1.29, 1.82) is 0 Å². The second kappa shape index (κ2) is 5.16. The zero-order valence-electron chi connectivity index (χ0n) is 11.4. The zero-order chi connectivity index (χ0) is 13.9. The third kappa shape index (κ3) is 2.27. The van der Waals surface area contributed by atoms with Gasteiger partial charge in [0.1, 0.15) is 0 Å². The highest BCUT2D eigenvalue weighted by molar-refractivity contribution is 5.61. The van der Waals surface area contributed by atoms with Gasteiger partial charge in [0, 0.05) is 13.2 Å². The highest BCUT2D eigenvalue weighted by Crippen LogP contribution is 2.24. The molecule has 102 valence electrons. The molecule has 1 atom stereocenters. The molecular formula is C14H16N6. The van der Waals surface area contributed by atoms with Crippen molar-refractivity contribution in [1.82, 2.24) is 24.8 Å². The molecule has 2 heterocycles. The molecule has 6 nitrogen and oxygen atoms in total. The van der Waals surface area contributed by atoms with Gasteiger partial charge in [-0.25, -0.2) is 4.68 Å². The summed E-state index contributed by atoms with van der Waals surface area (Å²) < 4.78 is 3.62. The molecule has 0 radical (unpaired) electrons. The van der Waals surface area contributed by atoms with Crippen LogP contribution < -0.4 is 5.32 Å². The summed E-state index contributed by atoms with van der Waals surface area (Å²) in [5.41, 5.74) is 3.10. The first-order valence-corrected chi connectivity index (χ1v) is 6.46. The van der Waals surface area contributed by atoms with Crippen LogP contribution in [0.1, 0.15) is 18.7 Å². The van der Waals surface area contributed by atoms with Gasteiger partial charge in [-0.2, -0.15) is 5.10 Å². The molecule has 0 saturated carbocycles. The largest absolute Gasteiger partial charge is 0.375 e.